The Labute approximate surface area is 89.5 Å². The Bertz CT molecular complexity index is 367. The Hall–Kier alpha value is -0.450. The van der Waals surface area contributed by atoms with Crippen LogP contribution in [0.1, 0.15) is 29.6 Å². The van der Waals surface area contributed by atoms with E-state index >= 15 is 0 Å². The van der Waals surface area contributed by atoms with Crippen LogP contribution in [0, 0.1) is 5.82 Å². The SMILES string of the molecule is OC[C@H]1C[C@@H](O)c2c(Br)ccc(F)c21. The van der Waals surface area contributed by atoms with Gasteiger partial charge in [0.2, 0.25) is 0 Å². The molecule has 0 radical (unpaired) electrons. The monoisotopic (exact) mass is 260 g/mol. The van der Waals surface area contributed by atoms with Crippen molar-refractivity contribution in [3.8, 4) is 0 Å². The summed E-state index contributed by atoms with van der Waals surface area (Å²) in [6.45, 7) is -0.128. The zero-order valence-electron chi connectivity index (χ0n) is 7.37. The van der Waals surface area contributed by atoms with Crippen molar-refractivity contribution >= 4 is 15.9 Å². The van der Waals surface area contributed by atoms with Gasteiger partial charge < -0.3 is 10.2 Å². The lowest BCUT2D eigenvalue weighted by molar-refractivity contribution is 0.158. The Morgan fingerprint density at radius 1 is 1.43 bits per heavy atom. The highest BCUT2D eigenvalue weighted by molar-refractivity contribution is 9.10. The maximum Gasteiger partial charge on any atom is 0.127 e. The predicted molar refractivity (Wildman–Crippen MR) is 53.5 cm³/mol. The molecule has 0 amide bonds. The van der Waals surface area contributed by atoms with E-state index in [1.807, 2.05) is 0 Å². The minimum Gasteiger partial charge on any atom is -0.396 e. The summed E-state index contributed by atoms with van der Waals surface area (Å²) in [5.41, 5.74) is 1.04. The summed E-state index contributed by atoms with van der Waals surface area (Å²) < 4.78 is 14.1. The minimum absolute atomic E-state index is 0.128. The maximum atomic E-state index is 13.4. The highest BCUT2D eigenvalue weighted by Crippen LogP contribution is 2.44. The molecule has 2 nitrogen and oxygen atoms in total. The number of halogens is 2. The number of hydrogen-bond acceptors (Lipinski definition) is 2. The predicted octanol–water partition coefficient (Wildman–Crippen LogP) is 2.10. The van der Waals surface area contributed by atoms with Crippen LogP contribution in [0.15, 0.2) is 16.6 Å². The smallest absolute Gasteiger partial charge is 0.127 e. The summed E-state index contributed by atoms with van der Waals surface area (Å²) in [7, 11) is 0. The molecule has 0 heterocycles. The van der Waals surface area contributed by atoms with Crippen LogP contribution in [0.2, 0.25) is 0 Å². The Morgan fingerprint density at radius 3 is 2.79 bits per heavy atom. The van der Waals surface area contributed by atoms with E-state index < -0.39 is 6.10 Å². The summed E-state index contributed by atoms with van der Waals surface area (Å²) in [5.74, 6) is -0.628. The second-order valence-corrected chi connectivity index (χ2v) is 4.34. The van der Waals surface area contributed by atoms with Crippen molar-refractivity contribution in [1.82, 2.24) is 0 Å². The Balaban J connectivity index is 2.60. The number of aliphatic hydroxyl groups is 2. The number of fused-ring (bicyclic) bond motifs is 1. The van der Waals surface area contributed by atoms with E-state index in [4.69, 9.17) is 5.11 Å². The van der Waals surface area contributed by atoms with Gasteiger partial charge in [-0.3, -0.25) is 0 Å². The standard InChI is InChI=1S/C10H10BrFO2/c11-6-1-2-7(12)9-5(4-13)3-8(14)10(6)9/h1-2,5,8,13-14H,3-4H2/t5-,8-/m1/s1. The van der Waals surface area contributed by atoms with Crippen molar-refractivity contribution in [2.75, 3.05) is 6.61 Å². The molecule has 76 valence electrons. The summed E-state index contributed by atoms with van der Waals surface area (Å²) >= 11 is 3.27. The van der Waals surface area contributed by atoms with E-state index in [2.05, 4.69) is 15.9 Å². The molecule has 0 aliphatic heterocycles. The van der Waals surface area contributed by atoms with E-state index in [-0.39, 0.29) is 18.3 Å². The fourth-order valence-corrected chi connectivity index (χ4v) is 2.62. The molecular weight excluding hydrogens is 251 g/mol. The third-order valence-electron chi connectivity index (χ3n) is 2.65. The second-order valence-electron chi connectivity index (χ2n) is 3.49. The molecule has 0 saturated carbocycles. The van der Waals surface area contributed by atoms with Gasteiger partial charge in [-0.1, -0.05) is 15.9 Å². The third kappa shape index (κ3) is 1.38. The van der Waals surface area contributed by atoms with Crippen LogP contribution < -0.4 is 0 Å². The lowest BCUT2D eigenvalue weighted by Gasteiger charge is -2.08. The first kappa shape index (κ1) is 10.1. The van der Waals surface area contributed by atoms with E-state index in [0.717, 1.165) is 0 Å². The molecule has 2 N–H and O–H groups in total. The van der Waals surface area contributed by atoms with Gasteiger partial charge in [0, 0.05) is 21.5 Å². The minimum atomic E-state index is -0.674. The molecule has 0 aromatic heterocycles. The average Bonchev–Trinajstić information content (AvgIpc) is 2.50. The zero-order valence-corrected chi connectivity index (χ0v) is 8.96. The Morgan fingerprint density at radius 2 is 2.14 bits per heavy atom. The summed E-state index contributed by atoms with van der Waals surface area (Å²) in [4.78, 5) is 0. The molecule has 0 saturated heterocycles. The molecule has 1 aromatic carbocycles. The van der Waals surface area contributed by atoms with Crippen LogP contribution in [-0.2, 0) is 0 Å². The molecular formula is C10H10BrFO2. The molecule has 1 aliphatic rings. The van der Waals surface area contributed by atoms with Gasteiger partial charge in [-0.2, -0.15) is 0 Å². The van der Waals surface area contributed by atoms with Crippen molar-refractivity contribution in [2.45, 2.75) is 18.4 Å². The normalized spacial score (nSPS) is 25.1. The van der Waals surface area contributed by atoms with E-state index in [1.54, 1.807) is 6.07 Å². The van der Waals surface area contributed by atoms with Gasteiger partial charge in [-0.15, -0.1) is 0 Å². The van der Waals surface area contributed by atoms with Gasteiger partial charge in [-0.25, -0.2) is 4.39 Å². The molecule has 1 aromatic rings. The molecule has 0 fully saturated rings. The first-order valence-electron chi connectivity index (χ1n) is 4.42. The molecule has 0 spiro atoms. The molecule has 0 unspecified atom stereocenters. The average molecular weight is 261 g/mol. The number of aliphatic hydroxyl groups excluding tert-OH is 2. The van der Waals surface area contributed by atoms with Crippen molar-refractivity contribution in [2.24, 2.45) is 0 Å². The van der Waals surface area contributed by atoms with Gasteiger partial charge in [0.05, 0.1) is 12.7 Å². The van der Waals surface area contributed by atoms with Gasteiger partial charge in [-0.05, 0) is 18.6 Å². The van der Waals surface area contributed by atoms with E-state index in [1.165, 1.54) is 6.07 Å². The number of hydrogen-bond donors (Lipinski definition) is 2. The summed E-state index contributed by atoms with van der Waals surface area (Å²) in [6.07, 6.45) is -0.280. The quantitative estimate of drug-likeness (QED) is 0.812. The van der Waals surface area contributed by atoms with Gasteiger partial charge >= 0.3 is 0 Å². The fraction of sp³-hybridized carbons (Fsp3) is 0.400. The molecule has 1 aliphatic carbocycles. The van der Waals surface area contributed by atoms with Crippen molar-refractivity contribution < 1.29 is 14.6 Å². The van der Waals surface area contributed by atoms with Crippen LogP contribution in [0.25, 0.3) is 0 Å². The summed E-state index contributed by atoms with van der Waals surface area (Å²) in [6, 6.07) is 2.93. The highest BCUT2D eigenvalue weighted by Gasteiger charge is 2.33. The van der Waals surface area contributed by atoms with Gasteiger partial charge in [0.15, 0.2) is 0 Å². The topological polar surface area (TPSA) is 40.5 Å². The molecule has 0 bridgehead atoms. The first-order valence-corrected chi connectivity index (χ1v) is 5.21. The molecule has 2 rings (SSSR count). The van der Waals surface area contributed by atoms with Crippen LogP contribution >= 0.6 is 15.9 Å². The maximum absolute atomic E-state index is 13.4. The van der Waals surface area contributed by atoms with E-state index in [0.29, 0.717) is 22.0 Å². The van der Waals surface area contributed by atoms with Gasteiger partial charge in [0.1, 0.15) is 5.82 Å². The van der Waals surface area contributed by atoms with Gasteiger partial charge in [0.25, 0.3) is 0 Å². The van der Waals surface area contributed by atoms with Crippen LogP contribution in [0.5, 0.6) is 0 Å². The lowest BCUT2D eigenvalue weighted by atomic mass is 10.0. The van der Waals surface area contributed by atoms with Crippen LogP contribution in [0.3, 0.4) is 0 Å². The van der Waals surface area contributed by atoms with Crippen molar-refractivity contribution in [1.29, 1.82) is 0 Å². The number of rotatable bonds is 1. The Kier molecular flexibility index (Phi) is 2.60. The molecule has 2 atom stereocenters. The van der Waals surface area contributed by atoms with E-state index in [9.17, 15) is 9.50 Å². The van der Waals surface area contributed by atoms with Crippen LogP contribution in [-0.4, -0.2) is 16.8 Å². The largest absolute Gasteiger partial charge is 0.396 e. The third-order valence-corrected chi connectivity index (χ3v) is 3.34. The van der Waals surface area contributed by atoms with Crippen molar-refractivity contribution in [3.63, 3.8) is 0 Å². The molecule has 4 heteroatoms. The van der Waals surface area contributed by atoms with Crippen LogP contribution in [0.4, 0.5) is 4.39 Å². The first-order chi connectivity index (χ1) is 6.65. The zero-order chi connectivity index (χ0) is 10.3. The second kappa shape index (κ2) is 3.61. The molecule has 14 heavy (non-hydrogen) atoms. The number of benzene rings is 1. The summed E-state index contributed by atoms with van der Waals surface area (Å²) in [5, 5.41) is 18.7. The lowest BCUT2D eigenvalue weighted by Crippen LogP contribution is -2.01. The highest BCUT2D eigenvalue weighted by atomic mass is 79.9. The van der Waals surface area contributed by atoms with Crippen molar-refractivity contribution in [3.05, 3.63) is 33.5 Å². The fourth-order valence-electron chi connectivity index (χ4n) is 2.01.